The molecular formula is C18H24Cl2N4O2S. The van der Waals surface area contributed by atoms with Crippen LogP contribution in [0.3, 0.4) is 0 Å². The second-order valence-electron chi connectivity index (χ2n) is 6.73. The summed E-state index contributed by atoms with van der Waals surface area (Å²) in [5.74, 6) is 0. The summed E-state index contributed by atoms with van der Waals surface area (Å²) >= 11 is 12.2. The molecule has 0 radical (unpaired) electrons. The van der Waals surface area contributed by atoms with Crippen molar-refractivity contribution >= 4 is 33.2 Å². The van der Waals surface area contributed by atoms with E-state index in [2.05, 4.69) is 10.00 Å². The molecule has 0 aliphatic carbocycles. The van der Waals surface area contributed by atoms with Crippen molar-refractivity contribution in [2.45, 2.75) is 38.8 Å². The Hall–Kier alpha value is -1.12. The maximum absolute atomic E-state index is 13.1. The fourth-order valence-electron chi connectivity index (χ4n) is 3.51. The molecule has 0 bridgehead atoms. The molecular weight excluding hydrogens is 407 g/mol. The van der Waals surface area contributed by atoms with Gasteiger partial charge in [-0.05, 0) is 38.5 Å². The molecule has 9 heteroatoms. The van der Waals surface area contributed by atoms with Crippen molar-refractivity contribution in [3.05, 3.63) is 45.2 Å². The maximum Gasteiger partial charge on any atom is 0.246 e. The van der Waals surface area contributed by atoms with Crippen molar-refractivity contribution in [1.29, 1.82) is 0 Å². The van der Waals surface area contributed by atoms with Crippen molar-refractivity contribution in [2.24, 2.45) is 0 Å². The molecule has 1 aliphatic heterocycles. The van der Waals surface area contributed by atoms with E-state index in [0.717, 1.165) is 5.56 Å². The van der Waals surface area contributed by atoms with E-state index >= 15 is 0 Å². The zero-order valence-electron chi connectivity index (χ0n) is 15.7. The largest absolute Gasteiger partial charge is 0.296 e. The van der Waals surface area contributed by atoms with Gasteiger partial charge in [0.2, 0.25) is 10.0 Å². The number of aryl methyl sites for hydroxylation is 2. The van der Waals surface area contributed by atoms with Crippen molar-refractivity contribution in [3.63, 3.8) is 0 Å². The number of aromatic nitrogens is 2. The molecule has 6 nitrogen and oxygen atoms in total. The van der Waals surface area contributed by atoms with E-state index in [1.165, 1.54) is 0 Å². The van der Waals surface area contributed by atoms with Crippen LogP contribution in [0.4, 0.5) is 0 Å². The molecule has 1 aromatic carbocycles. The van der Waals surface area contributed by atoms with Gasteiger partial charge >= 0.3 is 0 Å². The molecule has 1 saturated heterocycles. The van der Waals surface area contributed by atoms with Gasteiger partial charge in [0.25, 0.3) is 0 Å². The van der Waals surface area contributed by atoms with Gasteiger partial charge in [0.05, 0.1) is 11.4 Å². The third-order valence-corrected chi connectivity index (χ3v) is 7.69. The Morgan fingerprint density at radius 2 is 1.78 bits per heavy atom. The van der Waals surface area contributed by atoms with Gasteiger partial charge in [0.15, 0.2) is 0 Å². The van der Waals surface area contributed by atoms with Crippen molar-refractivity contribution in [3.8, 4) is 0 Å². The molecule has 1 aromatic heterocycles. The summed E-state index contributed by atoms with van der Waals surface area (Å²) in [5, 5.41) is 5.60. The van der Waals surface area contributed by atoms with Gasteiger partial charge in [-0.2, -0.15) is 9.40 Å². The summed E-state index contributed by atoms with van der Waals surface area (Å²) in [6.45, 7) is 9.05. The molecule has 0 spiro atoms. The van der Waals surface area contributed by atoms with E-state index in [4.69, 9.17) is 23.2 Å². The van der Waals surface area contributed by atoms with Gasteiger partial charge in [0, 0.05) is 49.3 Å². The number of halogens is 2. The van der Waals surface area contributed by atoms with E-state index in [-0.39, 0.29) is 0 Å². The molecule has 27 heavy (non-hydrogen) atoms. The highest BCUT2D eigenvalue weighted by atomic mass is 35.5. The van der Waals surface area contributed by atoms with Crippen molar-refractivity contribution in [1.82, 2.24) is 19.0 Å². The second-order valence-corrected chi connectivity index (χ2v) is 9.45. The first-order valence-electron chi connectivity index (χ1n) is 8.94. The molecule has 0 N–H and O–H groups in total. The summed E-state index contributed by atoms with van der Waals surface area (Å²) in [6, 6.07) is 5.47. The van der Waals surface area contributed by atoms with Crippen molar-refractivity contribution in [2.75, 3.05) is 26.2 Å². The number of rotatable bonds is 5. The lowest BCUT2D eigenvalue weighted by molar-refractivity contribution is 0.181. The Morgan fingerprint density at radius 3 is 2.33 bits per heavy atom. The number of hydrogen-bond acceptors (Lipinski definition) is 4. The quantitative estimate of drug-likeness (QED) is 0.729. The molecule has 1 fully saturated rings. The van der Waals surface area contributed by atoms with Crippen LogP contribution in [0.5, 0.6) is 0 Å². The number of sulfonamides is 1. The van der Waals surface area contributed by atoms with Gasteiger partial charge in [0.1, 0.15) is 4.90 Å². The molecule has 2 aromatic rings. The summed E-state index contributed by atoms with van der Waals surface area (Å²) in [6.07, 6.45) is 0. The number of piperazine rings is 1. The lowest BCUT2D eigenvalue weighted by atomic mass is 10.2. The van der Waals surface area contributed by atoms with E-state index in [1.54, 1.807) is 22.0 Å². The lowest BCUT2D eigenvalue weighted by Crippen LogP contribution is -2.48. The van der Waals surface area contributed by atoms with Crippen LogP contribution in [0.1, 0.15) is 23.9 Å². The molecule has 2 heterocycles. The minimum Gasteiger partial charge on any atom is -0.296 e. The van der Waals surface area contributed by atoms with Crippen LogP contribution in [0, 0.1) is 13.8 Å². The smallest absolute Gasteiger partial charge is 0.246 e. The Bertz CT molecular complexity index is 935. The molecule has 0 saturated carbocycles. The molecule has 0 amide bonds. The van der Waals surface area contributed by atoms with Crippen LogP contribution >= 0.6 is 23.2 Å². The summed E-state index contributed by atoms with van der Waals surface area (Å²) in [4.78, 5) is 2.55. The van der Waals surface area contributed by atoms with Gasteiger partial charge < -0.3 is 0 Å². The first-order chi connectivity index (χ1) is 12.7. The Labute approximate surface area is 170 Å². The topological polar surface area (TPSA) is 58.4 Å². The van der Waals surface area contributed by atoms with Gasteiger partial charge in [-0.25, -0.2) is 8.42 Å². The molecule has 0 unspecified atom stereocenters. The van der Waals surface area contributed by atoms with Crippen molar-refractivity contribution < 1.29 is 8.42 Å². The fourth-order valence-corrected chi connectivity index (χ4v) is 5.77. The average molecular weight is 431 g/mol. The van der Waals surface area contributed by atoms with Crippen LogP contribution in [0.25, 0.3) is 0 Å². The highest BCUT2D eigenvalue weighted by molar-refractivity contribution is 7.89. The zero-order chi connectivity index (χ0) is 19.8. The Balaban J connectivity index is 1.70. The first-order valence-corrected chi connectivity index (χ1v) is 11.1. The zero-order valence-corrected chi connectivity index (χ0v) is 18.1. The van der Waals surface area contributed by atoms with E-state index in [0.29, 0.717) is 65.6 Å². The third-order valence-electron chi connectivity index (χ3n) is 4.95. The Morgan fingerprint density at radius 1 is 1.11 bits per heavy atom. The Kier molecular flexibility index (Phi) is 6.17. The third kappa shape index (κ3) is 4.17. The van der Waals surface area contributed by atoms with Crippen LogP contribution in [-0.2, 0) is 23.1 Å². The van der Waals surface area contributed by atoms with Crippen LogP contribution in [-0.4, -0.2) is 53.6 Å². The molecule has 148 valence electrons. The predicted molar refractivity (Wildman–Crippen MR) is 108 cm³/mol. The predicted octanol–water partition coefficient (Wildman–Crippen LogP) is 3.33. The summed E-state index contributed by atoms with van der Waals surface area (Å²) in [5.41, 5.74) is 2.25. The van der Waals surface area contributed by atoms with Crippen LogP contribution < -0.4 is 0 Å². The van der Waals surface area contributed by atoms with E-state index < -0.39 is 10.0 Å². The number of benzene rings is 1. The minimum absolute atomic E-state index is 0.346. The summed E-state index contributed by atoms with van der Waals surface area (Å²) in [7, 11) is -3.54. The first kappa shape index (κ1) is 20.6. The van der Waals surface area contributed by atoms with E-state index in [1.807, 2.05) is 26.0 Å². The van der Waals surface area contributed by atoms with Gasteiger partial charge in [-0.1, -0.05) is 29.3 Å². The minimum atomic E-state index is -3.54. The van der Waals surface area contributed by atoms with Gasteiger partial charge in [-0.15, -0.1) is 0 Å². The maximum atomic E-state index is 13.1. The highest BCUT2D eigenvalue weighted by Gasteiger charge is 2.33. The monoisotopic (exact) mass is 430 g/mol. The SMILES string of the molecule is CCn1nc(C)c(S(=O)(=O)N2CCN(Cc3ccc(Cl)cc3Cl)CC2)c1C. The normalized spacial score (nSPS) is 16.8. The van der Waals surface area contributed by atoms with Crippen LogP contribution in [0.2, 0.25) is 10.0 Å². The molecule has 3 rings (SSSR count). The average Bonchev–Trinajstić information content (AvgIpc) is 2.92. The fraction of sp³-hybridized carbons (Fsp3) is 0.500. The standard InChI is InChI=1S/C18H24Cl2N4O2S/c1-4-24-14(3)18(13(2)21-24)27(25,26)23-9-7-22(8-10-23)12-15-5-6-16(19)11-17(15)20/h5-6,11H,4,7-10,12H2,1-3H3. The molecule has 1 aliphatic rings. The second kappa shape index (κ2) is 8.09. The number of nitrogens with zero attached hydrogens (tertiary/aromatic N) is 4. The lowest BCUT2D eigenvalue weighted by Gasteiger charge is -2.34. The van der Waals surface area contributed by atoms with Gasteiger partial charge in [-0.3, -0.25) is 9.58 Å². The van der Waals surface area contributed by atoms with E-state index in [9.17, 15) is 8.42 Å². The number of hydrogen-bond donors (Lipinski definition) is 0. The highest BCUT2D eigenvalue weighted by Crippen LogP contribution is 2.26. The molecule has 0 atom stereocenters. The van der Waals surface area contributed by atoms with Crippen LogP contribution in [0.15, 0.2) is 23.1 Å². The summed E-state index contributed by atoms with van der Waals surface area (Å²) < 4.78 is 29.6.